The van der Waals surface area contributed by atoms with Gasteiger partial charge in [0.1, 0.15) is 0 Å². The van der Waals surface area contributed by atoms with Crippen molar-refractivity contribution in [1.82, 2.24) is 0 Å². The fourth-order valence-electron chi connectivity index (χ4n) is 2.31. The van der Waals surface area contributed by atoms with Crippen molar-refractivity contribution in [2.45, 2.75) is 25.7 Å². The van der Waals surface area contributed by atoms with Crippen LogP contribution >= 0.6 is 15.9 Å². The maximum atomic E-state index is 6.01. The van der Waals surface area contributed by atoms with Crippen LogP contribution in [0.15, 0.2) is 45.3 Å². The number of halogens is 1. The molecule has 0 spiro atoms. The summed E-state index contributed by atoms with van der Waals surface area (Å²) in [7, 11) is 0. The molecule has 0 aliphatic heterocycles. The Kier molecular flexibility index (Phi) is 2.98. The molecule has 2 aromatic rings. The molecule has 1 aromatic heterocycles. The van der Waals surface area contributed by atoms with E-state index < -0.39 is 0 Å². The molecule has 0 fully saturated rings. The normalized spacial score (nSPS) is 14.4. The highest BCUT2D eigenvalue weighted by molar-refractivity contribution is 9.10. The summed E-state index contributed by atoms with van der Waals surface area (Å²) in [4.78, 5) is 0. The Morgan fingerprint density at radius 3 is 2.47 bits per heavy atom. The van der Waals surface area contributed by atoms with Gasteiger partial charge in [-0.25, -0.2) is 4.42 Å². The topological polar surface area (TPSA) is 11.3 Å². The Balaban J connectivity index is 2.01. The molecule has 1 aliphatic carbocycles. The van der Waals surface area contributed by atoms with E-state index in [-0.39, 0.29) is 0 Å². The molecule has 3 rings (SSSR count). The van der Waals surface area contributed by atoms with Crippen molar-refractivity contribution in [3.8, 4) is 11.3 Å². The second-order valence-electron chi connectivity index (χ2n) is 4.46. The zero-order chi connectivity index (χ0) is 11.7. The molecule has 17 heavy (non-hydrogen) atoms. The van der Waals surface area contributed by atoms with Crippen LogP contribution in [0.25, 0.3) is 11.3 Å². The summed E-state index contributed by atoms with van der Waals surface area (Å²) in [5.74, 6) is 2.15. The highest BCUT2D eigenvalue weighted by Crippen LogP contribution is 2.28. The van der Waals surface area contributed by atoms with Gasteiger partial charge in [-0.2, -0.15) is 0 Å². The van der Waals surface area contributed by atoms with Crippen molar-refractivity contribution < 1.29 is 4.42 Å². The first kappa shape index (κ1) is 11.0. The number of fused-ring (bicyclic) bond motifs is 1. The largest absolute Gasteiger partial charge is 0.360 e. The van der Waals surface area contributed by atoms with Crippen molar-refractivity contribution in [3.05, 3.63) is 52.2 Å². The smallest absolute Gasteiger partial charge is 0.212 e. The fraction of sp³-hybridized carbons (Fsp3) is 0.267. The lowest BCUT2D eigenvalue weighted by molar-refractivity contribution is 0.465. The zero-order valence-corrected chi connectivity index (χ0v) is 11.2. The number of rotatable bonds is 1. The van der Waals surface area contributed by atoms with Crippen molar-refractivity contribution in [1.29, 1.82) is 0 Å². The number of aryl methyl sites for hydroxylation is 2. The Morgan fingerprint density at radius 1 is 0.882 bits per heavy atom. The summed E-state index contributed by atoms with van der Waals surface area (Å²) in [6, 6.07) is 12.6. The van der Waals surface area contributed by atoms with Gasteiger partial charge < -0.3 is 0 Å². The number of hydrogen-bond donors (Lipinski definition) is 0. The molecular weight excluding hydrogens is 276 g/mol. The van der Waals surface area contributed by atoms with Gasteiger partial charge in [-0.05, 0) is 49.6 Å². The zero-order valence-electron chi connectivity index (χ0n) is 9.58. The predicted molar refractivity (Wildman–Crippen MR) is 72.9 cm³/mol. The van der Waals surface area contributed by atoms with Gasteiger partial charge in [0.15, 0.2) is 0 Å². The van der Waals surface area contributed by atoms with Gasteiger partial charge in [0, 0.05) is 10.5 Å². The van der Waals surface area contributed by atoms with E-state index in [1.807, 2.05) is 12.1 Å². The molecule has 1 aromatic carbocycles. The summed E-state index contributed by atoms with van der Waals surface area (Å²) in [5, 5.41) is 0. The van der Waals surface area contributed by atoms with Crippen molar-refractivity contribution >= 4 is 15.9 Å². The van der Waals surface area contributed by atoms with Crippen LogP contribution in [0, 0.1) is 0 Å². The van der Waals surface area contributed by atoms with Gasteiger partial charge in [-0.1, -0.05) is 15.9 Å². The van der Waals surface area contributed by atoms with Gasteiger partial charge in [0.2, 0.25) is 0 Å². The van der Waals surface area contributed by atoms with Crippen molar-refractivity contribution in [3.63, 3.8) is 0 Å². The standard InChI is InChI=1S/C15H14BrO/c16-13-8-5-12(6-9-13)15-10-7-11-3-1-2-4-14(11)17-15/h5-10H,1-4H2/q+1. The molecule has 0 N–H and O–H groups in total. The molecule has 1 heterocycles. The van der Waals surface area contributed by atoms with Gasteiger partial charge >= 0.3 is 11.5 Å². The van der Waals surface area contributed by atoms with Crippen LogP contribution in [-0.4, -0.2) is 0 Å². The Morgan fingerprint density at radius 2 is 1.65 bits per heavy atom. The molecule has 86 valence electrons. The van der Waals surface area contributed by atoms with E-state index in [1.165, 1.54) is 30.6 Å². The predicted octanol–water partition coefficient (Wildman–Crippen LogP) is 4.87. The molecule has 2 heteroatoms. The molecule has 0 radical (unpaired) electrons. The third-order valence-corrected chi connectivity index (χ3v) is 3.78. The molecule has 0 amide bonds. The molecule has 0 saturated heterocycles. The highest BCUT2D eigenvalue weighted by atomic mass is 79.9. The van der Waals surface area contributed by atoms with E-state index in [4.69, 9.17) is 4.42 Å². The van der Waals surface area contributed by atoms with Crippen LogP contribution in [0.5, 0.6) is 0 Å². The first-order valence-electron chi connectivity index (χ1n) is 6.04. The van der Waals surface area contributed by atoms with Crippen LogP contribution in [0.3, 0.4) is 0 Å². The van der Waals surface area contributed by atoms with Crippen molar-refractivity contribution in [2.24, 2.45) is 0 Å². The van der Waals surface area contributed by atoms with Gasteiger partial charge in [-0.3, -0.25) is 0 Å². The lowest BCUT2D eigenvalue weighted by Crippen LogP contribution is -2.02. The second-order valence-corrected chi connectivity index (χ2v) is 5.38. The third-order valence-electron chi connectivity index (χ3n) is 3.26. The monoisotopic (exact) mass is 289 g/mol. The summed E-state index contributed by atoms with van der Waals surface area (Å²) < 4.78 is 7.11. The minimum atomic E-state index is 0.971. The quantitative estimate of drug-likeness (QED) is 0.682. The van der Waals surface area contributed by atoms with E-state index >= 15 is 0 Å². The van der Waals surface area contributed by atoms with Crippen LogP contribution in [0.4, 0.5) is 0 Å². The minimum Gasteiger partial charge on any atom is -0.212 e. The Bertz CT molecular complexity index is 531. The lowest BCUT2D eigenvalue weighted by Gasteiger charge is -2.06. The van der Waals surface area contributed by atoms with Gasteiger partial charge in [0.25, 0.3) is 0 Å². The average Bonchev–Trinajstić information content (AvgIpc) is 2.39. The van der Waals surface area contributed by atoms with E-state index in [1.54, 1.807) is 0 Å². The molecule has 0 atom stereocenters. The third kappa shape index (κ3) is 2.27. The molecule has 0 saturated carbocycles. The van der Waals surface area contributed by atoms with E-state index in [9.17, 15) is 0 Å². The fourth-order valence-corrected chi connectivity index (χ4v) is 2.57. The molecule has 0 unspecified atom stereocenters. The van der Waals surface area contributed by atoms with E-state index in [2.05, 4.69) is 40.2 Å². The first-order valence-corrected chi connectivity index (χ1v) is 6.83. The Hall–Kier alpha value is -1.15. The maximum absolute atomic E-state index is 6.01. The average molecular weight is 290 g/mol. The van der Waals surface area contributed by atoms with Crippen LogP contribution < -0.4 is 0 Å². The summed E-state index contributed by atoms with van der Waals surface area (Å²) in [6.45, 7) is 0. The molecule has 0 bridgehead atoms. The van der Waals surface area contributed by atoms with Crippen LogP contribution in [0.1, 0.15) is 24.2 Å². The number of hydrogen-bond acceptors (Lipinski definition) is 0. The second kappa shape index (κ2) is 4.61. The summed E-state index contributed by atoms with van der Waals surface area (Å²) in [5.41, 5.74) is 2.53. The van der Waals surface area contributed by atoms with Gasteiger partial charge in [-0.15, -0.1) is 0 Å². The van der Waals surface area contributed by atoms with Gasteiger partial charge in [0.05, 0.1) is 17.5 Å². The maximum Gasteiger partial charge on any atom is 0.360 e. The summed E-state index contributed by atoms with van der Waals surface area (Å²) >= 11 is 3.45. The summed E-state index contributed by atoms with van der Waals surface area (Å²) in [6.07, 6.45) is 4.79. The van der Waals surface area contributed by atoms with Crippen molar-refractivity contribution in [2.75, 3.05) is 0 Å². The Labute approximate surface area is 110 Å². The first-order chi connectivity index (χ1) is 8.33. The molecular formula is C15H14BrO+. The highest BCUT2D eigenvalue weighted by Gasteiger charge is 2.22. The van der Waals surface area contributed by atoms with E-state index in [0.29, 0.717) is 0 Å². The molecule has 1 aliphatic rings. The van der Waals surface area contributed by atoms with Crippen LogP contribution in [0.2, 0.25) is 0 Å². The molecule has 1 nitrogen and oxygen atoms in total. The van der Waals surface area contributed by atoms with Crippen LogP contribution in [-0.2, 0) is 12.8 Å². The van der Waals surface area contributed by atoms with E-state index in [0.717, 1.165) is 22.2 Å². The lowest BCUT2D eigenvalue weighted by atomic mass is 9.97. The number of benzene rings is 1. The SMILES string of the molecule is Brc1ccc(-c2ccc3c([o+]2)CCCC3)cc1. The minimum absolute atomic E-state index is 0.971.